The minimum atomic E-state index is 0. The lowest BCUT2D eigenvalue weighted by molar-refractivity contribution is 0.824. The van der Waals surface area contributed by atoms with Gasteiger partial charge in [0.25, 0.3) is 0 Å². The Bertz CT molecular complexity index is 75.4. The summed E-state index contributed by atoms with van der Waals surface area (Å²) in [5, 5.41) is 4.08. The van der Waals surface area contributed by atoms with Crippen LogP contribution in [0.15, 0.2) is 36.1 Å². The molecule has 0 aromatic carbocycles. The third kappa shape index (κ3) is 5.40. The van der Waals surface area contributed by atoms with E-state index in [9.17, 15) is 0 Å². The van der Waals surface area contributed by atoms with Gasteiger partial charge in [-0.2, -0.15) is 11.3 Å². The molecule has 0 saturated carbocycles. The Morgan fingerprint density at radius 1 is 1.00 bits per heavy atom. The van der Waals surface area contributed by atoms with Gasteiger partial charge in [-0.15, -0.1) is 13.2 Å². The molecule has 0 unspecified atom stereocenters. The molecule has 2 heteroatoms. The summed E-state index contributed by atoms with van der Waals surface area (Å²) in [4.78, 5) is 0. The molecule has 0 aliphatic carbocycles. The van der Waals surface area contributed by atoms with Crippen LogP contribution in [0, 0.1) is 0 Å². The highest BCUT2D eigenvalue weighted by molar-refractivity contribution is 7.07. The molecular weight excluding hydrogens is 120 g/mol. The van der Waals surface area contributed by atoms with Gasteiger partial charge in [-0.3, -0.25) is 0 Å². The van der Waals surface area contributed by atoms with Crippen LogP contribution in [0.3, 0.4) is 0 Å². The summed E-state index contributed by atoms with van der Waals surface area (Å²) in [6, 6.07) is 4.04. The SMILES string of the molecule is C=C.O.c1ccsc1. The Labute approximate surface area is 53.6 Å². The van der Waals surface area contributed by atoms with Crippen molar-refractivity contribution in [3.63, 3.8) is 0 Å². The summed E-state index contributed by atoms with van der Waals surface area (Å²) in [5.41, 5.74) is 0. The fourth-order valence-electron chi connectivity index (χ4n) is 0.227. The van der Waals surface area contributed by atoms with Crippen molar-refractivity contribution < 1.29 is 5.48 Å². The lowest BCUT2D eigenvalue weighted by atomic mass is 10.7. The van der Waals surface area contributed by atoms with Crippen LogP contribution in [0.5, 0.6) is 0 Å². The van der Waals surface area contributed by atoms with E-state index in [1.54, 1.807) is 11.3 Å². The first-order valence-corrected chi connectivity index (χ1v) is 2.91. The van der Waals surface area contributed by atoms with E-state index in [1.165, 1.54) is 0 Å². The van der Waals surface area contributed by atoms with Crippen LogP contribution in [-0.2, 0) is 0 Å². The molecule has 0 bridgehead atoms. The highest BCUT2D eigenvalue weighted by atomic mass is 32.1. The predicted molar refractivity (Wildman–Crippen MR) is 39.2 cm³/mol. The first-order chi connectivity index (χ1) is 3.50. The zero-order chi connectivity index (χ0) is 5.54. The van der Waals surface area contributed by atoms with Gasteiger partial charge in [0.2, 0.25) is 0 Å². The number of rotatable bonds is 0. The van der Waals surface area contributed by atoms with E-state index >= 15 is 0 Å². The van der Waals surface area contributed by atoms with Crippen molar-refractivity contribution in [3.05, 3.63) is 36.1 Å². The van der Waals surface area contributed by atoms with Crippen LogP contribution in [0.25, 0.3) is 0 Å². The van der Waals surface area contributed by atoms with Crippen LogP contribution in [0.1, 0.15) is 0 Å². The molecular formula is C6H10OS. The molecule has 0 saturated heterocycles. The monoisotopic (exact) mass is 130 g/mol. The molecule has 8 heavy (non-hydrogen) atoms. The second-order valence-electron chi connectivity index (χ2n) is 0.793. The second kappa shape index (κ2) is 9.64. The first-order valence-electron chi connectivity index (χ1n) is 1.97. The van der Waals surface area contributed by atoms with E-state index in [4.69, 9.17) is 0 Å². The fraction of sp³-hybridized carbons (Fsp3) is 0. The lowest BCUT2D eigenvalue weighted by Crippen LogP contribution is -1.16. The van der Waals surface area contributed by atoms with E-state index in [1.807, 2.05) is 22.9 Å². The van der Waals surface area contributed by atoms with Gasteiger partial charge >= 0.3 is 0 Å². The van der Waals surface area contributed by atoms with Crippen molar-refractivity contribution in [1.82, 2.24) is 0 Å². The van der Waals surface area contributed by atoms with Crippen molar-refractivity contribution in [2.45, 2.75) is 0 Å². The Morgan fingerprint density at radius 3 is 1.50 bits per heavy atom. The van der Waals surface area contributed by atoms with Gasteiger partial charge in [0.05, 0.1) is 0 Å². The molecule has 0 radical (unpaired) electrons. The normalized spacial score (nSPS) is 5.50. The maximum atomic E-state index is 3.00. The standard InChI is InChI=1S/C4H4S.C2H4.H2O/c1-2-4-5-3-1;1-2;/h1-4H;1-2H2;1H2. The van der Waals surface area contributed by atoms with E-state index in [2.05, 4.69) is 13.2 Å². The average Bonchev–Trinajstić information content (AvgIpc) is 2.23. The van der Waals surface area contributed by atoms with E-state index < -0.39 is 0 Å². The van der Waals surface area contributed by atoms with Crippen LogP contribution < -0.4 is 0 Å². The molecule has 1 aromatic rings. The summed E-state index contributed by atoms with van der Waals surface area (Å²) in [5.74, 6) is 0. The van der Waals surface area contributed by atoms with Gasteiger partial charge < -0.3 is 5.48 Å². The maximum absolute atomic E-state index is 3.00. The molecule has 0 aliphatic rings. The van der Waals surface area contributed by atoms with Crippen molar-refractivity contribution >= 4 is 11.3 Å². The van der Waals surface area contributed by atoms with Gasteiger partial charge in [-0.05, 0) is 10.8 Å². The van der Waals surface area contributed by atoms with Gasteiger partial charge in [-0.25, -0.2) is 0 Å². The second-order valence-corrected chi connectivity index (χ2v) is 1.61. The summed E-state index contributed by atoms with van der Waals surface area (Å²) in [6.45, 7) is 6.00. The Balaban J connectivity index is 0. The first kappa shape index (κ1) is 10.4. The third-order valence-electron chi connectivity index (χ3n) is 0.425. The summed E-state index contributed by atoms with van der Waals surface area (Å²) in [6.07, 6.45) is 0. The minimum Gasteiger partial charge on any atom is -0.412 e. The summed E-state index contributed by atoms with van der Waals surface area (Å²) in [7, 11) is 0. The highest BCUT2D eigenvalue weighted by Gasteiger charge is 1.58. The Kier molecular flexibility index (Phi) is 12.5. The molecule has 0 fully saturated rings. The molecule has 0 amide bonds. The maximum Gasteiger partial charge on any atom is -0.00934 e. The van der Waals surface area contributed by atoms with Crippen LogP contribution >= 0.6 is 11.3 Å². The molecule has 1 aromatic heterocycles. The fourth-order valence-corrected chi connectivity index (χ4v) is 0.680. The largest absolute Gasteiger partial charge is 0.412 e. The predicted octanol–water partition coefficient (Wildman–Crippen LogP) is 1.73. The zero-order valence-corrected chi connectivity index (χ0v) is 5.45. The number of hydrogen-bond donors (Lipinski definition) is 0. The van der Waals surface area contributed by atoms with E-state index in [0.29, 0.717) is 0 Å². The molecule has 0 aliphatic heterocycles. The molecule has 1 rings (SSSR count). The van der Waals surface area contributed by atoms with E-state index in [-0.39, 0.29) is 5.48 Å². The summed E-state index contributed by atoms with van der Waals surface area (Å²) < 4.78 is 0. The molecule has 1 nitrogen and oxygen atoms in total. The average molecular weight is 130 g/mol. The lowest BCUT2D eigenvalue weighted by Gasteiger charge is -1.39. The Hall–Kier alpha value is -0.600. The third-order valence-corrected chi connectivity index (χ3v) is 1.05. The molecule has 46 valence electrons. The quantitative estimate of drug-likeness (QED) is 0.479. The smallest absolute Gasteiger partial charge is 0.00934 e. The minimum absolute atomic E-state index is 0. The van der Waals surface area contributed by atoms with E-state index in [0.717, 1.165) is 0 Å². The highest BCUT2D eigenvalue weighted by Crippen LogP contribution is 1.91. The van der Waals surface area contributed by atoms with Crippen molar-refractivity contribution in [2.75, 3.05) is 0 Å². The van der Waals surface area contributed by atoms with Gasteiger partial charge in [0.1, 0.15) is 0 Å². The van der Waals surface area contributed by atoms with Crippen molar-refractivity contribution in [1.29, 1.82) is 0 Å². The topological polar surface area (TPSA) is 31.5 Å². The van der Waals surface area contributed by atoms with Gasteiger partial charge in [0, 0.05) is 0 Å². The molecule has 0 spiro atoms. The zero-order valence-electron chi connectivity index (χ0n) is 4.63. The summed E-state index contributed by atoms with van der Waals surface area (Å²) >= 11 is 1.71. The molecule has 0 atom stereocenters. The van der Waals surface area contributed by atoms with Gasteiger partial charge in [-0.1, -0.05) is 12.1 Å². The van der Waals surface area contributed by atoms with Gasteiger partial charge in [0.15, 0.2) is 0 Å². The van der Waals surface area contributed by atoms with Crippen molar-refractivity contribution in [2.24, 2.45) is 0 Å². The number of hydrogen-bond acceptors (Lipinski definition) is 1. The van der Waals surface area contributed by atoms with Crippen molar-refractivity contribution in [3.8, 4) is 0 Å². The van der Waals surface area contributed by atoms with Crippen LogP contribution in [0.2, 0.25) is 0 Å². The van der Waals surface area contributed by atoms with Crippen LogP contribution in [-0.4, -0.2) is 5.48 Å². The molecule has 2 N–H and O–H groups in total. The molecule has 1 heterocycles. The number of thiophene rings is 1. The Morgan fingerprint density at radius 2 is 1.38 bits per heavy atom. The van der Waals surface area contributed by atoms with Crippen LogP contribution in [0.4, 0.5) is 0 Å².